The maximum absolute atomic E-state index is 12.1. The van der Waals surface area contributed by atoms with E-state index in [2.05, 4.69) is 5.32 Å². The molecule has 0 unspecified atom stereocenters. The molecule has 0 aliphatic carbocycles. The summed E-state index contributed by atoms with van der Waals surface area (Å²) in [7, 11) is 3.79. The minimum absolute atomic E-state index is 0.317. The number of anilines is 2. The van der Waals surface area contributed by atoms with Crippen LogP contribution in [0.25, 0.3) is 0 Å². The molecule has 1 N–H and O–H groups in total. The van der Waals surface area contributed by atoms with Gasteiger partial charge >= 0.3 is 5.97 Å². The molecular formula is C20H24N2O3. The average molecular weight is 340 g/mol. The summed E-state index contributed by atoms with van der Waals surface area (Å²) in [5.74, 6) is -0.861. The van der Waals surface area contributed by atoms with Crippen LogP contribution >= 0.6 is 0 Å². The minimum atomic E-state index is -0.514. The third kappa shape index (κ3) is 4.83. The first kappa shape index (κ1) is 18.5. The Balaban J connectivity index is 1.98. The van der Waals surface area contributed by atoms with E-state index in [0.717, 1.165) is 28.9 Å². The molecule has 0 bridgehead atoms. The highest BCUT2D eigenvalue weighted by Crippen LogP contribution is 2.21. The van der Waals surface area contributed by atoms with E-state index in [1.165, 1.54) is 0 Å². The van der Waals surface area contributed by atoms with E-state index in [-0.39, 0.29) is 12.5 Å². The largest absolute Gasteiger partial charge is 0.452 e. The SMILES string of the molecule is CCc1cccc(C)c1NC(=O)COC(=O)c1cccc(N(C)C)c1. The highest BCUT2D eigenvalue weighted by Gasteiger charge is 2.13. The fourth-order valence-corrected chi connectivity index (χ4v) is 2.50. The maximum atomic E-state index is 12.1. The zero-order chi connectivity index (χ0) is 18.4. The van der Waals surface area contributed by atoms with Crippen molar-refractivity contribution in [2.45, 2.75) is 20.3 Å². The van der Waals surface area contributed by atoms with Crippen molar-refractivity contribution < 1.29 is 14.3 Å². The fourth-order valence-electron chi connectivity index (χ4n) is 2.50. The number of benzene rings is 2. The number of ether oxygens (including phenoxy) is 1. The van der Waals surface area contributed by atoms with E-state index >= 15 is 0 Å². The van der Waals surface area contributed by atoms with Crippen LogP contribution in [-0.2, 0) is 16.0 Å². The van der Waals surface area contributed by atoms with Crippen molar-refractivity contribution >= 4 is 23.3 Å². The second kappa shape index (κ2) is 8.33. The summed E-state index contributed by atoms with van der Waals surface area (Å²) in [6, 6.07) is 13.0. The van der Waals surface area contributed by atoms with Crippen LogP contribution in [0.15, 0.2) is 42.5 Å². The lowest BCUT2D eigenvalue weighted by Crippen LogP contribution is -2.22. The highest BCUT2D eigenvalue weighted by molar-refractivity contribution is 5.96. The Bertz CT molecular complexity index is 769. The van der Waals surface area contributed by atoms with Gasteiger partial charge in [-0.3, -0.25) is 4.79 Å². The Morgan fingerprint density at radius 3 is 2.52 bits per heavy atom. The molecule has 5 nitrogen and oxygen atoms in total. The maximum Gasteiger partial charge on any atom is 0.338 e. The minimum Gasteiger partial charge on any atom is -0.452 e. The van der Waals surface area contributed by atoms with E-state index in [1.54, 1.807) is 18.2 Å². The quantitative estimate of drug-likeness (QED) is 0.819. The second-order valence-corrected chi connectivity index (χ2v) is 6.03. The molecule has 0 saturated heterocycles. The lowest BCUT2D eigenvalue weighted by Gasteiger charge is -2.14. The predicted molar refractivity (Wildman–Crippen MR) is 100 cm³/mol. The molecule has 2 aromatic rings. The lowest BCUT2D eigenvalue weighted by atomic mass is 10.1. The van der Waals surface area contributed by atoms with Gasteiger partial charge in [0.2, 0.25) is 0 Å². The summed E-state index contributed by atoms with van der Waals surface area (Å²) in [5.41, 5.74) is 4.15. The van der Waals surface area contributed by atoms with Crippen molar-refractivity contribution in [2.75, 3.05) is 30.9 Å². The number of nitrogens with zero attached hydrogens (tertiary/aromatic N) is 1. The topological polar surface area (TPSA) is 58.6 Å². The number of esters is 1. The summed E-state index contributed by atoms with van der Waals surface area (Å²) < 4.78 is 5.14. The van der Waals surface area contributed by atoms with Gasteiger partial charge in [-0.1, -0.05) is 31.2 Å². The van der Waals surface area contributed by atoms with Crippen LogP contribution < -0.4 is 10.2 Å². The first-order valence-electron chi connectivity index (χ1n) is 8.25. The van der Waals surface area contributed by atoms with Crippen molar-refractivity contribution in [3.05, 3.63) is 59.2 Å². The highest BCUT2D eigenvalue weighted by atomic mass is 16.5. The molecular weight excluding hydrogens is 316 g/mol. The van der Waals surface area contributed by atoms with E-state index in [9.17, 15) is 9.59 Å². The van der Waals surface area contributed by atoms with Gasteiger partial charge in [-0.05, 0) is 42.7 Å². The molecule has 0 aliphatic rings. The van der Waals surface area contributed by atoms with Gasteiger partial charge in [-0.2, -0.15) is 0 Å². The lowest BCUT2D eigenvalue weighted by molar-refractivity contribution is -0.119. The van der Waals surface area contributed by atoms with Crippen LogP contribution in [0.2, 0.25) is 0 Å². The third-order valence-corrected chi connectivity index (χ3v) is 3.94. The van der Waals surface area contributed by atoms with Gasteiger partial charge in [-0.15, -0.1) is 0 Å². The third-order valence-electron chi connectivity index (χ3n) is 3.94. The van der Waals surface area contributed by atoms with Crippen molar-refractivity contribution in [1.82, 2.24) is 0 Å². The zero-order valence-corrected chi connectivity index (χ0v) is 15.1. The first-order chi connectivity index (χ1) is 11.9. The van der Waals surface area contributed by atoms with Crippen LogP contribution in [0.5, 0.6) is 0 Å². The molecule has 0 aromatic heterocycles. The zero-order valence-electron chi connectivity index (χ0n) is 15.1. The van der Waals surface area contributed by atoms with Gasteiger partial charge in [0.05, 0.1) is 5.56 Å². The van der Waals surface area contributed by atoms with Gasteiger partial charge in [0.25, 0.3) is 5.91 Å². The van der Waals surface area contributed by atoms with Crippen LogP contribution in [0.3, 0.4) is 0 Å². The van der Waals surface area contributed by atoms with E-state index < -0.39 is 5.97 Å². The molecule has 0 aliphatic heterocycles. The normalized spacial score (nSPS) is 10.2. The Morgan fingerprint density at radius 1 is 1.12 bits per heavy atom. The van der Waals surface area contributed by atoms with Crippen LogP contribution in [0.4, 0.5) is 11.4 Å². The molecule has 0 saturated carbocycles. The second-order valence-electron chi connectivity index (χ2n) is 6.03. The van der Waals surface area contributed by atoms with Gasteiger partial charge in [0.1, 0.15) is 0 Å². The predicted octanol–water partition coefficient (Wildman–Crippen LogP) is 3.42. The molecule has 0 radical (unpaired) electrons. The molecule has 1 amide bonds. The number of carbonyl (C=O) groups is 2. The van der Waals surface area contributed by atoms with Gasteiger partial charge in [0, 0.05) is 25.5 Å². The number of nitrogens with one attached hydrogen (secondary N) is 1. The van der Waals surface area contributed by atoms with Gasteiger partial charge in [-0.25, -0.2) is 4.79 Å². The number of hydrogen-bond acceptors (Lipinski definition) is 4. The fraction of sp³-hybridized carbons (Fsp3) is 0.300. The molecule has 0 heterocycles. The number of para-hydroxylation sites is 1. The summed E-state index contributed by atoms with van der Waals surface area (Å²) in [5, 5.41) is 2.84. The van der Waals surface area contributed by atoms with Crippen LogP contribution in [0, 0.1) is 6.92 Å². The number of carbonyl (C=O) groups excluding carboxylic acids is 2. The van der Waals surface area contributed by atoms with Crippen molar-refractivity contribution in [2.24, 2.45) is 0 Å². The Labute approximate surface area is 148 Å². The monoisotopic (exact) mass is 340 g/mol. The molecule has 25 heavy (non-hydrogen) atoms. The number of rotatable bonds is 6. The van der Waals surface area contributed by atoms with E-state index in [1.807, 2.05) is 57.1 Å². The molecule has 0 fully saturated rings. The van der Waals surface area contributed by atoms with E-state index in [4.69, 9.17) is 4.74 Å². The molecule has 5 heteroatoms. The molecule has 2 aromatic carbocycles. The number of amides is 1. The summed E-state index contributed by atoms with van der Waals surface area (Å²) >= 11 is 0. The molecule has 132 valence electrons. The standard InChI is InChI=1S/C20H24N2O3/c1-5-15-9-6-8-14(2)19(15)21-18(23)13-25-20(24)16-10-7-11-17(12-16)22(3)4/h6-12H,5,13H2,1-4H3,(H,21,23). The van der Waals surface area contributed by atoms with Crippen molar-refractivity contribution in [3.8, 4) is 0 Å². The summed E-state index contributed by atoms with van der Waals surface area (Å²) in [4.78, 5) is 26.2. The van der Waals surface area contributed by atoms with Gasteiger partial charge in [0.15, 0.2) is 6.61 Å². The van der Waals surface area contributed by atoms with Crippen LogP contribution in [-0.4, -0.2) is 32.6 Å². The molecule has 0 atom stereocenters. The Kier molecular flexibility index (Phi) is 6.17. The first-order valence-corrected chi connectivity index (χ1v) is 8.25. The van der Waals surface area contributed by atoms with Crippen molar-refractivity contribution in [3.63, 3.8) is 0 Å². The summed E-state index contributed by atoms with van der Waals surface area (Å²) in [6.07, 6.45) is 0.814. The smallest absolute Gasteiger partial charge is 0.338 e. The number of hydrogen-bond donors (Lipinski definition) is 1. The van der Waals surface area contributed by atoms with Crippen molar-refractivity contribution in [1.29, 1.82) is 0 Å². The van der Waals surface area contributed by atoms with Gasteiger partial charge < -0.3 is 15.0 Å². The summed E-state index contributed by atoms with van der Waals surface area (Å²) in [6.45, 7) is 3.65. The van der Waals surface area contributed by atoms with Crippen LogP contribution in [0.1, 0.15) is 28.4 Å². The average Bonchev–Trinajstić information content (AvgIpc) is 2.61. The number of aryl methyl sites for hydroxylation is 2. The molecule has 0 spiro atoms. The van der Waals surface area contributed by atoms with E-state index in [0.29, 0.717) is 5.56 Å². The molecule has 2 rings (SSSR count). The Hall–Kier alpha value is -2.82. The Morgan fingerprint density at radius 2 is 1.84 bits per heavy atom.